The van der Waals surface area contributed by atoms with Crippen LogP contribution in [-0.4, -0.2) is 49.5 Å². The van der Waals surface area contributed by atoms with E-state index in [1.807, 2.05) is 0 Å². The zero-order valence-electron chi connectivity index (χ0n) is 17.5. The van der Waals surface area contributed by atoms with Gasteiger partial charge in [0, 0.05) is 24.7 Å². The van der Waals surface area contributed by atoms with Crippen LogP contribution in [0.25, 0.3) is 0 Å². The number of rotatable bonds is 7. The third-order valence-corrected chi connectivity index (χ3v) is 7.66. The van der Waals surface area contributed by atoms with Gasteiger partial charge in [0.05, 0.1) is 22.0 Å². The second-order valence-electron chi connectivity index (χ2n) is 9.00. The molecule has 1 heterocycles. The Balaban J connectivity index is 1.23. The minimum atomic E-state index is -2.41. The van der Waals surface area contributed by atoms with Gasteiger partial charge in [-0.05, 0) is 56.1 Å². The zero-order chi connectivity index (χ0) is 22.8. The Labute approximate surface area is 195 Å². The molecule has 4 aliphatic rings. The van der Waals surface area contributed by atoms with E-state index in [9.17, 15) is 18.4 Å². The summed E-state index contributed by atoms with van der Waals surface area (Å²) in [6, 6.07) is 3.95. The molecule has 1 aliphatic heterocycles. The topological polar surface area (TPSA) is 79.5 Å². The second kappa shape index (κ2) is 10.1. The largest absolute Gasteiger partial charge is 0.484 e. The Kier molecular flexibility index (Phi) is 7.42. The molecule has 3 saturated carbocycles. The molecule has 5 rings (SSSR count). The van der Waals surface area contributed by atoms with Gasteiger partial charge in [-0.1, -0.05) is 23.2 Å². The van der Waals surface area contributed by atoms with Crippen molar-refractivity contribution in [2.45, 2.75) is 56.7 Å². The molecule has 10 heteroatoms. The van der Waals surface area contributed by atoms with Crippen molar-refractivity contribution >= 4 is 35.0 Å². The smallest absolute Gasteiger partial charge is 0.258 e. The van der Waals surface area contributed by atoms with Crippen molar-refractivity contribution in [3.63, 3.8) is 0 Å². The Morgan fingerprint density at radius 2 is 1.78 bits per heavy atom. The van der Waals surface area contributed by atoms with Gasteiger partial charge in [-0.3, -0.25) is 9.59 Å². The van der Waals surface area contributed by atoms with E-state index >= 15 is 0 Å². The lowest BCUT2D eigenvalue weighted by atomic mass is 9.60. The maximum Gasteiger partial charge on any atom is 0.258 e. The quantitative estimate of drug-likeness (QED) is 0.548. The number of alkyl halides is 2. The lowest BCUT2D eigenvalue weighted by Crippen LogP contribution is -2.61. The van der Waals surface area contributed by atoms with Gasteiger partial charge in [0.25, 0.3) is 12.3 Å². The van der Waals surface area contributed by atoms with Crippen LogP contribution in [0.1, 0.15) is 32.1 Å². The van der Waals surface area contributed by atoms with Crippen molar-refractivity contribution in [2.24, 2.45) is 17.8 Å². The number of benzene rings is 1. The molecule has 0 aromatic heterocycles. The third-order valence-electron chi connectivity index (χ3n) is 6.92. The van der Waals surface area contributed by atoms with E-state index in [4.69, 9.17) is 27.9 Å². The monoisotopic (exact) mass is 489 g/mol. The number of fused-ring (bicyclic) bond motifs is 2. The Hall–Kier alpha value is -1.64. The maximum absolute atomic E-state index is 12.8. The molecular weight excluding hydrogens is 463 g/mol. The van der Waals surface area contributed by atoms with Crippen molar-refractivity contribution < 1.29 is 23.1 Å². The van der Waals surface area contributed by atoms with Crippen molar-refractivity contribution in [1.82, 2.24) is 16.0 Å². The first-order chi connectivity index (χ1) is 15.3. The molecule has 1 aromatic rings. The summed E-state index contributed by atoms with van der Waals surface area (Å²) in [6.07, 6.45) is 0.928. The average Bonchev–Trinajstić information content (AvgIpc) is 2.73. The third kappa shape index (κ3) is 5.46. The number of hydrogen-bond donors (Lipinski definition) is 3. The van der Waals surface area contributed by atoms with Gasteiger partial charge in [0.1, 0.15) is 5.75 Å². The fourth-order valence-electron chi connectivity index (χ4n) is 4.96. The van der Waals surface area contributed by atoms with Crippen LogP contribution in [0.3, 0.4) is 0 Å². The molecule has 0 radical (unpaired) electrons. The predicted molar refractivity (Wildman–Crippen MR) is 117 cm³/mol. The standard InChI is InChI=1S/C22H27Cl2F2N3O3/c23-15-3-2-14(7-16(15)24)32-10-20(30)28-18-8-19(13-5-12(18)6-13)29-22(31)11-1-4-17(21(25)26)27-9-11/h2-3,7,11-13,17-19,21,27H,1,4-6,8-10H2,(H,28,30)(H,29,31). The van der Waals surface area contributed by atoms with Gasteiger partial charge in [0.2, 0.25) is 5.91 Å². The summed E-state index contributed by atoms with van der Waals surface area (Å²) >= 11 is 11.8. The number of carbonyl (C=O) groups is 2. The highest BCUT2D eigenvalue weighted by Gasteiger charge is 2.47. The summed E-state index contributed by atoms with van der Waals surface area (Å²) in [5, 5.41) is 9.70. The van der Waals surface area contributed by atoms with E-state index < -0.39 is 12.5 Å². The maximum atomic E-state index is 12.8. The minimum Gasteiger partial charge on any atom is -0.484 e. The number of halogens is 4. The second-order valence-corrected chi connectivity index (χ2v) is 9.82. The summed E-state index contributed by atoms with van der Waals surface area (Å²) < 4.78 is 31.1. The molecule has 32 heavy (non-hydrogen) atoms. The number of carbonyl (C=O) groups excluding carboxylic acids is 2. The van der Waals surface area contributed by atoms with Gasteiger partial charge in [0.15, 0.2) is 6.61 Å². The fourth-order valence-corrected chi connectivity index (χ4v) is 5.25. The number of nitrogens with one attached hydrogen (secondary N) is 3. The summed E-state index contributed by atoms with van der Waals surface area (Å²) in [6.45, 7) is 0.133. The summed E-state index contributed by atoms with van der Waals surface area (Å²) in [5.74, 6) is 0.664. The highest BCUT2D eigenvalue weighted by Crippen LogP contribution is 2.46. The highest BCUT2D eigenvalue weighted by atomic mass is 35.5. The number of hydrogen-bond acceptors (Lipinski definition) is 4. The normalized spacial score (nSPS) is 31.5. The first-order valence-corrected chi connectivity index (χ1v) is 11.7. The van der Waals surface area contributed by atoms with Crippen LogP contribution in [0.15, 0.2) is 18.2 Å². The van der Waals surface area contributed by atoms with Crippen LogP contribution >= 0.6 is 23.2 Å². The Bertz CT molecular complexity index is 846. The summed E-state index contributed by atoms with van der Waals surface area (Å²) in [7, 11) is 0. The van der Waals surface area contributed by atoms with Gasteiger partial charge < -0.3 is 20.7 Å². The molecule has 3 N–H and O–H groups in total. The molecule has 4 unspecified atom stereocenters. The molecule has 0 spiro atoms. The van der Waals surface area contributed by atoms with Crippen LogP contribution in [0.5, 0.6) is 5.75 Å². The average molecular weight is 490 g/mol. The lowest BCUT2D eigenvalue weighted by molar-refractivity contribution is -0.129. The SMILES string of the molecule is O=C(COc1ccc(Cl)c(Cl)c1)NC1CC(NC(=O)C2CCC(C(F)F)NC2)C2CC1C2. The first kappa shape index (κ1) is 23.5. The van der Waals surface area contributed by atoms with Crippen molar-refractivity contribution in [2.75, 3.05) is 13.2 Å². The number of ether oxygens (including phenoxy) is 1. The van der Waals surface area contributed by atoms with E-state index in [0.717, 1.165) is 12.8 Å². The molecule has 4 atom stereocenters. The van der Waals surface area contributed by atoms with E-state index in [-0.39, 0.29) is 43.0 Å². The molecule has 1 saturated heterocycles. The van der Waals surface area contributed by atoms with Crippen LogP contribution in [0.4, 0.5) is 8.78 Å². The summed E-state index contributed by atoms with van der Waals surface area (Å²) in [4.78, 5) is 25.1. The predicted octanol–water partition coefficient (Wildman–Crippen LogP) is 3.41. The molecule has 2 amide bonds. The molecule has 6 nitrogen and oxygen atoms in total. The van der Waals surface area contributed by atoms with Gasteiger partial charge >= 0.3 is 0 Å². The summed E-state index contributed by atoms with van der Waals surface area (Å²) in [5.41, 5.74) is 0. The van der Waals surface area contributed by atoms with Crippen LogP contribution in [-0.2, 0) is 9.59 Å². The van der Waals surface area contributed by atoms with E-state index in [0.29, 0.717) is 46.9 Å². The van der Waals surface area contributed by atoms with Crippen molar-refractivity contribution in [3.05, 3.63) is 28.2 Å². The van der Waals surface area contributed by atoms with Gasteiger partial charge in [-0.25, -0.2) is 8.78 Å². The van der Waals surface area contributed by atoms with Gasteiger partial charge in [-0.2, -0.15) is 0 Å². The van der Waals surface area contributed by atoms with Gasteiger partial charge in [-0.15, -0.1) is 0 Å². The van der Waals surface area contributed by atoms with E-state index in [2.05, 4.69) is 16.0 Å². The van der Waals surface area contributed by atoms with Crippen LogP contribution in [0, 0.1) is 17.8 Å². The molecule has 1 aromatic carbocycles. The van der Waals surface area contributed by atoms with Crippen molar-refractivity contribution in [1.29, 1.82) is 0 Å². The Morgan fingerprint density at radius 3 is 2.41 bits per heavy atom. The fraction of sp³-hybridized carbons (Fsp3) is 0.636. The molecule has 4 fully saturated rings. The minimum absolute atomic E-state index is 0.0124. The highest BCUT2D eigenvalue weighted by molar-refractivity contribution is 6.42. The van der Waals surface area contributed by atoms with E-state index in [1.165, 1.54) is 0 Å². The number of amides is 2. The number of piperidine rings is 1. The first-order valence-electron chi connectivity index (χ1n) is 11.0. The van der Waals surface area contributed by atoms with Crippen molar-refractivity contribution in [3.8, 4) is 5.75 Å². The van der Waals surface area contributed by atoms with Crippen LogP contribution < -0.4 is 20.7 Å². The molecular formula is C22H27Cl2F2N3O3. The molecule has 2 bridgehead atoms. The lowest BCUT2D eigenvalue weighted by Gasteiger charge is -2.51. The molecule has 176 valence electrons. The Morgan fingerprint density at radius 1 is 1.06 bits per heavy atom. The van der Waals surface area contributed by atoms with E-state index in [1.54, 1.807) is 18.2 Å². The molecule has 3 aliphatic carbocycles. The van der Waals surface area contributed by atoms with Crippen LogP contribution in [0.2, 0.25) is 10.0 Å². The zero-order valence-corrected chi connectivity index (χ0v) is 19.0.